The highest BCUT2D eigenvalue weighted by atomic mass is 32.1. The summed E-state index contributed by atoms with van der Waals surface area (Å²) in [5.74, 6) is 0.450. The summed E-state index contributed by atoms with van der Waals surface area (Å²) >= 11 is 1.62. The quantitative estimate of drug-likeness (QED) is 0.879. The van der Waals surface area contributed by atoms with Crippen LogP contribution >= 0.6 is 11.3 Å². The molecule has 0 saturated heterocycles. The third kappa shape index (κ3) is 2.56. The minimum absolute atomic E-state index is 0.450. The molecule has 2 heterocycles. The van der Waals surface area contributed by atoms with Crippen molar-refractivity contribution in [3.63, 3.8) is 0 Å². The molecule has 16 heavy (non-hydrogen) atoms. The number of rotatable bonds is 4. The average Bonchev–Trinajstić information content (AvgIpc) is 2.82. The maximum Gasteiger partial charge on any atom is 0.233 e. The van der Waals surface area contributed by atoms with Gasteiger partial charge in [0.25, 0.3) is 0 Å². The summed E-state index contributed by atoms with van der Waals surface area (Å²) in [5, 5.41) is 21.6. The van der Waals surface area contributed by atoms with Crippen molar-refractivity contribution >= 4 is 11.3 Å². The number of aliphatic hydroxyl groups excluding tert-OH is 1. The fourth-order valence-corrected chi connectivity index (χ4v) is 2.04. The Balaban J connectivity index is 2.05. The van der Waals surface area contributed by atoms with Crippen molar-refractivity contribution in [1.82, 2.24) is 10.2 Å². The number of hydrogen-bond acceptors (Lipinski definition) is 5. The Morgan fingerprint density at radius 2 is 2.25 bits per heavy atom. The van der Waals surface area contributed by atoms with Gasteiger partial charge in [0.15, 0.2) is 0 Å². The van der Waals surface area contributed by atoms with Gasteiger partial charge in [-0.3, -0.25) is 0 Å². The van der Waals surface area contributed by atoms with E-state index in [4.69, 9.17) is 4.74 Å². The molecule has 2 rings (SSSR count). The van der Waals surface area contributed by atoms with Gasteiger partial charge >= 0.3 is 0 Å². The van der Waals surface area contributed by atoms with Gasteiger partial charge in [-0.25, -0.2) is 0 Å². The second kappa shape index (κ2) is 5.05. The molecule has 5 heteroatoms. The Morgan fingerprint density at radius 3 is 2.81 bits per heavy atom. The van der Waals surface area contributed by atoms with Crippen molar-refractivity contribution < 1.29 is 9.84 Å². The molecule has 0 saturated carbocycles. The number of aliphatic hydroxyl groups is 1. The van der Waals surface area contributed by atoms with Crippen LogP contribution in [0.15, 0.2) is 29.0 Å². The van der Waals surface area contributed by atoms with Crippen molar-refractivity contribution in [3.05, 3.63) is 40.2 Å². The second-order valence-electron chi connectivity index (χ2n) is 3.35. The van der Waals surface area contributed by atoms with Crippen LogP contribution in [-0.4, -0.2) is 22.4 Å². The third-order valence-corrected chi connectivity index (χ3v) is 2.95. The molecule has 2 aromatic heterocycles. The molecule has 4 nitrogen and oxygen atoms in total. The fraction of sp³-hybridized carbons (Fsp3) is 0.273. The Bertz CT molecular complexity index is 428. The normalized spacial score (nSPS) is 12.4. The zero-order valence-corrected chi connectivity index (χ0v) is 9.65. The highest BCUT2D eigenvalue weighted by molar-refractivity contribution is 7.07. The predicted octanol–water partition coefficient (Wildman–Crippen LogP) is 1.82. The molecule has 1 atom stereocenters. The number of thiophene rings is 1. The first kappa shape index (κ1) is 11.0. The van der Waals surface area contributed by atoms with E-state index >= 15 is 0 Å². The molecule has 0 aliphatic carbocycles. The first-order valence-electron chi connectivity index (χ1n) is 4.86. The van der Waals surface area contributed by atoms with Gasteiger partial charge in [-0.05, 0) is 28.5 Å². The molecule has 0 fully saturated rings. The van der Waals surface area contributed by atoms with Gasteiger partial charge in [-0.2, -0.15) is 11.3 Å². The van der Waals surface area contributed by atoms with Crippen LogP contribution in [0, 0.1) is 0 Å². The zero-order valence-electron chi connectivity index (χ0n) is 8.83. The van der Waals surface area contributed by atoms with Crippen LogP contribution < -0.4 is 4.74 Å². The highest BCUT2D eigenvalue weighted by Gasteiger charge is 2.11. The van der Waals surface area contributed by atoms with E-state index in [-0.39, 0.29) is 0 Å². The van der Waals surface area contributed by atoms with E-state index in [0.29, 0.717) is 18.0 Å². The summed E-state index contributed by atoms with van der Waals surface area (Å²) in [6.07, 6.45) is -0.0576. The van der Waals surface area contributed by atoms with Crippen LogP contribution in [0.4, 0.5) is 0 Å². The van der Waals surface area contributed by atoms with Crippen LogP contribution in [-0.2, 0) is 6.42 Å². The molecule has 84 valence electrons. The summed E-state index contributed by atoms with van der Waals surface area (Å²) in [4.78, 5) is 0. The number of hydrogen-bond donors (Lipinski definition) is 1. The van der Waals surface area contributed by atoms with Crippen LogP contribution in [0.1, 0.15) is 17.4 Å². The van der Waals surface area contributed by atoms with Crippen molar-refractivity contribution in [2.24, 2.45) is 0 Å². The maximum atomic E-state index is 9.92. The van der Waals surface area contributed by atoms with E-state index < -0.39 is 6.10 Å². The topological polar surface area (TPSA) is 55.2 Å². The summed E-state index contributed by atoms with van der Waals surface area (Å²) < 4.78 is 4.90. The van der Waals surface area contributed by atoms with Gasteiger partial charge < -0.3 is 9.84 Å². The minimum Gasteiger partial charge on any atom is -0.480 e. The largest absolute Gasteiger partial charge is 0.480 e. The monoisotopic (exact) mass is 236 g/mol. The number of nitrogens with zero attached hydrogens (tertiary/aromatic N) is 2. The Kier molecular flexibility index (Phi) is 3.48. The van der Waals surface area contributed by atoms with Crippen LogP contribution in [0.25, 0.3) is 0 Å². The smallest absolute Gasteiger partial charge is 0.233 e. The first-order valence-corrected chi connectivity index (χ1v) is 5.80. The van der Waals surface area contributed by atoms with Crippen molar-refractivity contribution in [1.29, 1.82) is 0 Å². The van der Waals surface area contributed by atoms with Gasteiger partial charge in [-0.1, -0.05) is 0 Å². The van der Waals surface area contributed by atoms with Crippen molar-refractivity contribution in [2.75, 3.05) is 7.11 Å². The molecule has 0 amide bonds. The predicted molar refractivity (Wildman–Crippen MR) is 61.6 cm³/mol. The van der Waals surface area contributed by atoms with Crippen molar-refractivity contribution in [3.8, 4) is 5.88 Å². The highest BCUT2D eigenvalue weighted by Crippen LogP contribution is 2.18. The molecule has 1 unspecified atom stereocenters. The van der Waals surface area contributed by atoms with E-state index in [2.05, 4.69) is 10.2 Å². The van der Waals surface area contributed by atoms with E-state index in [1.807, 2.05) is 16.8 Å². The zero-order chi connectivity index (χ0) is 11.4. The molecule has 1 N–H and O–H groups in total. The number of aromatic nitrogens is 2. The Labute approximate surface area is 97.5 Å². The third-order valence-electron chi connectivity index (χ3n) is 2.22. The molecule has 0 spiro atoms. The summed E-state index contributed by atoms with van der Waals surface area (Å²) in [5.41, 5.74) is 1.67. The van der Waals surface area contributed by atoms with E-state index in [1.165, 1.54) is 7.11 Å². The lowest BCUT2D eigenvalue weighted by Crippen LogP contribution is -2.05. The fourth-order valence-electron chi connectivity index (χ4n) is 1.35. The summed E-state index contributed by atoms with van der Waals surface area (Å²) in [6, 6.07) is 5.41. The number of methoxy groups -OCH3 is 1. The molecular formula is C11H12N2O2S. The lowest BCUT2D eigenvalue weighted by molar-refractivity contribution is 0.172. The second-order valence-corrected chi connectivity index (χ2v) is 4.13. The maximum absolute atomic E-state index is 9.92. The molecule has 0 aliphatic rings. The lowest BCUT2D eigenvalue weighted by Gasteiger charge is -2.08. The van der Waals surface area contributed by atoms with Gasteiger partial charge in [0.05, 0.1) is 12.8 Å². The molecule has 2 aromatic rings. The van der Waals surface area contributed by atoms with E-state index in [0.717, 1.165) is 5.56 Å². The Morgan fingerprint density at radius 1 is 1.38 bits per heavy atom. The standard InChI is InChI=1S/C11H12N2O2S/c1-15-11-3-2-9(12-13-11)10(14)6-8-4-5-16-7-8/h2-5,7,10,14H,6H2,1H3. The average molecular weight is 236 g/mol. The molecule has 0 aliphatic heterocycles. The first-order chi connectivity index (χ1) is 7.79. The van der Waals surface area contributed by atoms with Crippen LogP contribution in [0.5, 0.6) is 5.88 Å². The lowest BCUT2D eigenvalue weighted by atomic mass is 10.1. The number of ether oxygens (including phenoxy) is 1. The SMILES string of the molecule is COc1ccc(C(O)Cc2ccsc2)nn1. The molecule has 0 aromatic carbocycles. The van der Waals surface area contributed by atoms with Gasteiger partial charge in [0.2, 0.25) is 5.88 Å². The minimum atomic E-state index is -0.618. The molecule has 0 bridgehead atoms. The molecule has 0 radical (unpaired) electrons. The Hall–Kier alpha value is -1.46. The summed E-state index contributed by atoms with van der Waals surface area (Å²) in [6.45, 7) is 0. The van der Waals surface area contributed by atoms with Gasteiger partial charge in [-0.15, -0.1) is 10.2 Å². The van der Waals surface area contributed by atoms with E-state index in [1.54, 1.807) is 23.5 Å². The van der Waals surface area contributed by atoms with Crippen LogP contribution in [0.2, 0.25) is 0 Å². The van der Waals surface area contributed by atoms with E-state index in [9.17, 15) is 5.11 Å². The van der Waals surface area contributed by atoms with Crippen LogP contribution in [0.3, 0.4) is 0 Å². The molecular weight excluding hydrogens is 224 g/mol. The van der Waals surface area contributed by atoms with Gasteiger partial charge in [0, 0.05) is 12.5 Å². The van der Waals surface area contributed by atoms with Crippen molar-refractivity contribution in [2.45, 2.75) is 12.5 Å². The van der Waals surface area contributed by atoms with Gasteiger partial charge in [0.1, 0.15) is 6.10 Å². The summed E-state index contributed by atoms with van der Waals surface area (Å²) in [7, 11) is 1.53.